The quantitative estimate of drug-likeness (QED) is 0.325. The van der Waals surface area contributed by atoms with E-state index in [0.717, 1.165) is 32.0 Å². The van der Waals surface area contributed by atoms with E-state index in [0.29, 0.717) is 6.61 Å². The predicted octanol–water partition coefficient (Wildman–Crippen LogP) is 3.00. The van der Waals surface area contributed by atoms with E-state index < -0.39 is 4.92 Å². The first kappa shape index (κ1) is 13.6. The third kappa shape index (κ3) is 4.14. The molecular formula is C10H14ClN3O3. The average molecular weight is 260 g/mol. The van der Waals surface area contributed by atoms with Crippen LogP contribution in [0.25, 0.3) is 0 Å². The number of halogens is 1. The van der Waals surface area contributed by atoms with Gasteiger partial charge in [-0.2, -0.15) is 4.98 Å². The highest BCUT2D eigenvalue weighted by atomic mass is 35.5. The molecule has 6 nitrogen and oxygen atoms in total. The summed E-state index contributed by atoms with van der Waals surface area (Å²) in [5.74, 6) is -0.0634. The van der Waals surface area contributed by atoms with Crippen molar-refractivity contribution in [3.63, 3.8) is 0 Å². The summed E-state index contributed by atoms with van der Waals surface area (Å²) < 4.78 is 5.25. The molecule has 0 bridgehead atoms. The Bertz CT molecular complexity index is 387. The van der Waals surface area contributed by atoms with Crippen molar-refractivity contribution in [2.45, 2.75) is 32.6 Å². The summed E-state index contributed by atoms with van der Waals surface area (Å²) in [4.78, 5) is 17.4. The largest absolute Gasteiger partial charge is 0.473 e. The molecule has 0 radical (unpaired) electrons. The number of unbranched alkanes of at least 4 members (excludes halogenated alkanes) is 3. The smallest absolute Gasteiger partial charge is 0.367 e. The second-order valence-electron chi connectivity index (χ2n) is 3.48. The standard InChI is InChI=1S/C10H14ClN3O3/c1-2-3-4-5-6-17-10-8(14(15)16)9(11)12-7-13-10/h7H,2-6H2,1H3. The second kappa shape index (κ2) is 7.01. The summed E-state index contributed by atoms with van der Waals surface area (Å²) in [6, 6.07) is 0. The molecule has 1 aromatic heterocycles. The lowest BCUT2D eigenvalue weighted by Gasteiger charge is -2.05. The Labute approximate surface area is 104 Å². The third-order valence-electron chi connectivity index (χ3n) is 2.16. The molecule has 0 fully saturated rings. The zero-order chi connectivity index (χ0) is 12.7. The fraction of sp³-hybridized carbons (Fsp3) is 0.600. The van der Waals surface area contributed by atoms with Crippen LogP contribution >= 0.6 is 11.6 Å². The monoisotopic (exact) mass is 259 g/mol. The fourth-order valence-corrected chi connectivity index (χ4v) is 1.49. The Kier molecular flexibility index (Phi) is 5.62. The van der Waals surface area contributed by atoms with E-state index in [2.05, 4.69) is 16.9 Å². The maximum absolute atomic E-state index is 10.7. The normalized spacial score (nSPS) is 10.2. The highest BCUT2D eigenvalue weighted by Crippen LogP contribution is 2.30. The molecule has 17 heavy (non-hydrogen) atoms. The van der Waals surface area contributed by atoms with Crippen LogP contribution in [0.3, 0.4) is 0 Å². The number of rotatable bonds is 7. The van der Waals surface area contributed by atoms with Crippen LogP contribution in [0.2, 0.25) is 5.15 Å². The zero-order valence-corrected chi connectivity index (χ0v) is 10.3. The molecule has 0 atom stereocenters. The Morgan fingerprint density at radius 1 is 1.41 bits per heavy atom. The maximum atomic E-state index is 10.7. The Morgan fingerprint density at radius 3 is 2.82 bits per heavy atom. The number of nitrogens with zero attached hydrogens (tertiary/aromatic N) is 3. The van der Waals surface area contributed by atoms with Gasteiger partial charge >= 0.3 is 5.69 Å². The maximum Gasteiger partial charge on any atom is 0.367 e. The molecule has 0 aliphatic carbocycles. The Balaban J connectivity index is 2.58. The van der Waals surface area contributed by atoms with Gasteiger partial charge < -0.3 is 4.74 Å². The molecular weight excluding hydrogens is 246 g/mol. The Hall–Kier alpha value is -1.43. The van der Waals surface area contributed by atoms with Gasteiger partial charge in [0.25, 0.3) is 5.88 Å². The molecule has 1 aromatic rings. The highest BCUT2D eigenvalue weighted by Gasteiger charge is 2.22. The molecule has 0 N–H and O–H groups in total. The van der Waals surface area contributed by atoms with Crippen LogP contribution in [-0.4, -0.2) is 21.5 Å². The minimum atomic E-state index is -0.635. The summed E-state index contributed by atoms with van der Waals surface area (Å²) in [5.41, 5.74) is -0.371. The van der Waals surface area contributed by atoms with E-state index in [1.807, 2.05) is 0 Å². The summed E-state index contributed by atoms with van der Waals surface area (Å²) in [6.07, 6.45) is 5.27. The molecule has 1 rings (SSSR count). The first-order valence-electron chi connectivity index (χ1n) is 5.44. The predicted molar refractivity (Wildman–Crippen MR) is 63.3 cm³/mol. The summed E-state index contributed by atoms with van der Waals surface area (Å²) >= 11 is 5.61. The molecule has 0 aliphatic heterocycles. The molecule has 7 heteroatoms. The molecule has 0 saturated heterocycles. The van der Waals surface area contributed by atoms with E-state index in [1.54, 1.807) is 0 Å². The van der Waals surface area contributed by atoms with Crippen molar-refractivity contribution < 1.29 is 9.66 Å². The highest BCUT2D eigenvalue weighted by molar-refractivity contribution is 6.31. The first-order chi connectivity index (χ1) is 8.16. The van der Waals surface area contributed by atoms with Gasteiger partial charge in [-0.05, 0) is 6.42 Å². The fourth-order valence-electron chi connectivity index (χ4n) is 1.30. The number of hydrogen-bond donors (Lipinski definition) is 0. The van der Waals surface area contributed by atoms with E-state index in [4.69, 9.17) is 16.3 Å². The average Bonchev–Trinajstić information content (AvgIpc) is 2.28. The van der Waals surface area contributed by atoms with Crippen LogP contribution in [0.5, 0.6) is 5.88 Å². The van der Waals surface area contributed by atoms with Crippen LogP contribution in [0, 0.1) is 10.1 Å². The van der Waals surface area contributed by atoms with Crippen LogP contribution in [-0.2, 0) is 0 Å². The number of nitro groups is 1. The van der Waals surface area contributed by atoms with Crippen molar-refractivity contribution >= 4 is 17.3 Å². The van der Waals surface area contributed by atoms with Crippen LogP contribution in [0.15, 0.2) is 6.33 Å². The summed E-state index contributed by atoms with van der Waals surface area (Å²) in [5, 5.41) is 10.5. The van der Waals surface area contributed by atoms with E-state index in [-0.39, 0.29) is 16.7 Å². The minimum Gasteiger partial charge on any atom is -0.473 e. The molecule has 1 heterocycles. The van der Waals surface area contributed by atoms with Crippen LogP contribution < -0.4 is 4.74 Å². The molecule has 94 valence electrons. The zero-order valence-electron chi connectivity index (χ0n) is 9.56. The number of ether oxygens (including phenoxy) is 1. The third-order valence-corrected chi connectivity index (χ3v) is 2.44. The number of hydrogen-bond acceptors (Lipinski definition) is 5. The van der Waals surface area contributed by atoms with Gasteiger partial charge in [0.15, 0.2) is 0 Å². The summed E-state index contributed by atoms with van der Waals surface area (Å²) in [7, 11) is 0. The molecule has 0 aromatic carbocycles. The molecule has 0 spiro atoms. The lowest BCUT2D eigenvalue weighted by atomic mass is 10.2. The van der Waals surface area contributed by atoms with Crippen molar-refractivity contribution in [1.82, 2.24) is 9.97 Å². The SMILES string of the molecule is CCCCCCOc1ncnc(Cl)c1[N+](=O)[O-]. The van der Waals surface area contributed by atoms with E-state index >= 15 is 0 Å². The van der Waals surface area contributed by atoms with E-state index in [9.17, 15) is 10.1 Å². The molecule has 0 unspecified atom stereocenters. The Morgan fingerprint density at radius 2 is 2.18 bits per heavy atom. The first-order valence-corrected chi connectivity index (χ1v) is 5.82. The molecule has 0 aliphatic rings. The summed E-state index contributed by atoms with van der Waals surface area (Å²) in [6.45, 7) is 2.50. The van der Waals surface area contributed by atoms with Gasteiger partial charge in [0.1, 0.15) is 6.33 Å². The molecule has 0 saturated carbocycles. The molecule has 0 amide bonds. The lowest BCUT2D eigenvalue weighted by Crippen LogP contribution is -2.03. The van der Waals surface area contributed by atoms with Gasteiger partial charge in [0.05, 0.1) is 11.5 Å². The van der Waals surface area contributed by atoms with Crippen molar-refractivity contribution in [2.75, 3.05) is 6.61 Å². The van der Waals surface area contributed by atoms with Gasteiger partial charge in [0.2, 0.25) is 5.15 Å². The van der Waals surface area contributed by atoms with Crippen molar-refractivity contribution in [3.8, 4) is 5.88 Å². The number of aromatic nitrogens is 2. The van der Waals surface area contributed by atoms with Crippen molar-refractivity contribution in [3.05, 3.63) is 21.6 Å². The van der Waals surface area contributed by atoms with Crippen LogP contribution in [0.1, 0.15) is 32.6 Å². The van der Waals surface area contributed by atoms with Crippen molar-refractivity contribution in [1.29, 1.82) is 0 Å². The van der Waals surface area contributed by atoms with Gasteiger partial charge in [0, 0.05) is 0 Å². The van der Waals surface area contributed by atoms with Crippen LogP contribution in [0.4, 0.5) is 5.69 Å². The topological polar surface area (TPSA) is 78.2 Å². The van der Waals surface area contributed by atoms with Gasteiger partial charge in [-0.3, -0.25) is 10.1 Å². The van der Waals surface area contributed by atoms with Gasteiger partial charge in [-0.1, -0.05) is 37.8 Å². The lowest BCUT2D eigenvalue weighted by molar-refractivity contribution is -0.386. The van der Waals surface area contributed by atoms with Gasteiger partial charge in [-0.15, -0.1) is 0 Å². The van der Waals surface area contributed by atoms with Crippen molar-refractivity contribution in [2.24, 2.45) is 0 Å². The van der Waals surface area contributed by atoms with E-state index in [1.165, 1.54) is 0 Å². The second-order valence-corrected chi connectivity index (χ2v) is 3.84. The van der Waals surface area contributed by atoms with Gasteiger partial charge in [-0.25, -0.2) is 4.98 Å². The minimum absolute atomic E-state index is 0.0634.